The fraction of sp³-hybridized carbons (Fsp3) is 0.500. The van der Waals surface area contributed by atoms with E-state index in [1.165, 1.54) is 11.1 Å². The summed E-state index contributed by atoms with van der Waals surface area (Å²) in [5.74, 6) is 0.669. The van der Waals surface area contributed by atoms with Gasteiger partial charge in [0, 0.05) is 19.6 Å². The normalized spacial score (nSPS) is 19.0. The van der Waals surface area contributed by atoms with Crippen LogP contribution in [0.2, 0.25) is 0 Å². The Morgan fingerprint density at radius 2 is 2.17 bits per heavy atom. The zero-order chi connectivity index (χ0) is 13.3. The van der Waals surface area contributed by atoms with E-state index in [0.717, 1.165) is 6.54 Å². The maximum atomic E-state index is 7.48. The van der Waals surface area contributed by atoms with Gasteiger partial charge in [-0.15, -0.1) is 0 Å². The number of fused-ring (bicyclic) bond motifs is 1. The second-order valence-electron chi connectivity index (χ2n) is 5.36. The molecule has 0 fully saturated rings. The van der Waals surface area contributed by atoms with Gasteiger partial charge in [0.05, 0.1) is 6.67 Å². The van der Waals surface area contributed by atoms with E-state index >= 15 is 0 Å². The van der Waals surface area contributed by atoms with E-state index in [2.05, 4.69) is 43.0 Å². The number of nitrogens with one attached hydrogen (secondary N) is 1. The standard InChI is InChI=1S/C14H22N4/c1-10(2)13-12-7-5-4-6-11(12)8-18(13)9-17(3)14(15)16/h4-7,10,13H,8-9H2,1-3H3,(H3,15,16). The van der Waals surface area contributed by atoms with Gasteiger partial charge in [0.15, 0.2) is 5.96 Å². The predicted octanol–water partition coefficient (Wildman–Crippen LogP) is 1.98. The van der Waals surface area contributed by atoms with Crippen LogP contribution in [0.25, 0.3) is 0 Å². The summed E-state index contributed by atoms with van der Waals surface area (Å²) in [4.78, 5) is 4.16. The quantitative estimate of drug-likeness (QED) is 0.633. The molecule has 3 N–H and O–H groups in total. The summed E-state index contributed by atoms with van der Waals surface area (Å²) in [7, 11) is 1.86. The van der Waals surface area contributed by atoms with Crippen LogP contribution in [0.15, 0.2) is 24.3 Å². The molecule has 1 heterocycles. The van der Waals surface area contributed by atoms with Crippen molar-refractivity contribution in [1.29, 1.82) is 5.41 Å². The van der Waals surface area contributed by atoms with Gasteiger partial charge >= 0.3 is 0 Å². The summed E-state index contributed by atoms with van der Waals surface area (Å²) >= 11 is 0. The Morgan fingerprint density at radius 1 is 1.50 bits per heavy atom. The molecule has 1 atom stereocenters. The smallest absolute Gasteiger partial charge is 0.189 e. The maximum absolute atomic E-state index is 7.48. The second kappa shape index (κ2) is 4.98. The van der Waals surface area contributed by atoms with Crippen LogP contribution in [-0.4, -0.2) is 29.5 Å². The first-order valence-electron chi connectivity index (χ1n) is 6.37. The molecule has 1 aromatic rings. The van der Waals surface area contributed by atoms with E-state index in [9.17, 15) is 0 Å². The summed E-state index contributed by atoms with van der Waals surface area (Å²) in [6.45, 7) is 6.13. The lowest BCUT2D eigenvalue weighted by molar-refractivity contribution is 0.125. The molecule has 0 radical (unpaired) electrons. The number of guanidine groups is 1. The Morgan fingerprint density at radius 3 is 2.78 bits per heavy atom. The van der Waals surface area contributed by atoms with Gasteiger partial charge in [-0.3, -0.25) is 10.3 Å². The van der Waals surface area contributed by atoms with Crippen molar-refractivity contribution in [3.63, 3.8) is 0 Å². The molecule has 0 spiro atoms. The van der Waals surface area contributed by atoms with Gasteiger partial charge < -0.3 is 10.6 Å². The van der Waals surface area contributed by atoms with Crippen molar-refractivity contribution in [3.8, 4) is 0 Å². The SMILES string of the molecule is CC(C)C1c2ccccc2CN1CN(C)C(=N)N. The minimum Gasteiger partial charge on any atom is -0.370 e. The molecule has 18 heavy (non-hydrogen) atoms. The van der Waals surface area contributed by atoms with E-state index in [0.29, 0.717) is 18.6 Å². The van der Waals surface area contributed by atoms with Crippen LogP contribution >= 0.6 is 0 Å². The van der Waals surface area contributed by atoms with Crippen LogP contribution in [0.4, 0.5) is 0 Å². The molecule has 1 aromatic carbocycles. The Kier molecular flexibility index (Phi) is 3.57. The van der Waals surface area contributed by atoms with E-state index < -0.39 is 0 Å². The van der Waals surface area contributed by atoms with Gasteiger partial charge in [-0.25, -0.2) is 0 Å². The lowest BCUT2D eigenvalue weighted by Crippen LogP contribution is -2.42. The number of rotatable bonds is 3. The Labute approximate surface area is 109 Å². The third kappa shape index (κ3) is 2.34. The van der Waals surface area contributed by atoms with Crippen molar-refractivity contribution in [2.45, 2.75) is 26.4 Å². The fourth-order valence-electron chi connectivity index (χ4n) is 2.75. The molecule has 0 saturated heterocycles. The van der Waals surface area contributed by atoms with Gasteiger partial charge in [-0.2, -0.15) is 0 Å². The lowest BCUT2D eigenvalue weighted by Gasteiger charge is -2.32. The molecule has 0 aliphatic carbocycles. The Hall–Kier alpha value is -1.55. The second-order valence-corrected chi connectivity index (χ2v) is 5.36. The number of nitrogens with two attached hydrogens (primary N) is 1. The third-order valence-electron chi connectivity index (χ3n) is 3.58. The highest BCUT2D eigenvalue weighted by atomic mass is 15.4. The molecule has 0 bridgehead atoms. The third-order valence-corrected chi connectivity index (χ3v) is 3.58. The summed E-state index contributed by atoms with van der Waals surface area (Å²) < 4.78 is 0. The van der Waals surface area contributed by atoms with E-state index in [-0.39, 0.29) is 5.96 Å². The highest BCUT2D eigenvalue weighted by molar-refractivity contribution is 5.74. The first kappa shape index (κ1) is 12.9. The van der Waals surface area contributed by atoms with Crippen LogP contribution in [0.1, 0.15) is 31.0 Å². The highest BCUT2D eigenvalue weighted by Crippen LogP contribution is 2.38. The molecule has 4 nitrogen and oxygen atoms in total. The minimum absolute atomic E-state index is 0.119. The first-order valence-corrected chi connectivity index (χ1v) is 6.37. The molecule has 1 aliphatic heterocycles. The minimum atomic E-state index is 0.119. The van der Waals surface area contributed by atoms with Crippen molar-refractivity contribution in [3.05, 3.63) is 35.4 Å². The summed E-state index contributed by atoms with van der Waals surface area (Å²) in [6, 6.07) is 9.02. The number of hydrogen-bond acceptors (Lipinski definition) is 2. The molecule has 4 heteroatoms. The highest BCUT2D eigenvalue weighted by Gasteiger charge is 2.32. The van der Waals surface area contributed by atoms with Gasteiger partial charge in [0.2, 0.25) is 0 Å². The van der Waals surface area contributed by atoms with Gasteiger partial charge in [-0.1, -0.05) is 38.1 Å². The Bertz CT molecular complexity index is 441. The van der Waals surface area contributed by atoms with E-state index in [4.69, 9.17) is 11.1 Å². The van der Waals surface area contributed by atoms with Crippen molar-refractivity contribution in [2.24, 2.45) is 11.7 Å². The van der Waals surface area contributed by atoms with Crippen molar-refractivity contribution < 1.29 is 0 Å². The molecule has 1 unspecified atom stereocenters. The number of benzene rings is 1. The molecule has 2 rings (SSSR count). The molecule has 1 aliphatic rings. The fourth-order valence-corrected chi connectivity index (χ4v) is 2.75. The summed E-state index contributed by atoms with van der Waals surface area (Å²) in [6.07, 6.45) is 0. The number of hydrogen-bond donors (Lipinski definition) is 2. The monoisotopic (exact) mass is 246 g/mol. The van der Waals surface area contributed by atoms with Crippen LogP contribution in [0, 0.1) is 11.3 Å². The first-order chi connectivity index (χ1) is 8.50. The van der Waals surface area contributed by atoms with Crippen molar-refractivity contribution >= 4 is 5.96 Å². The van der Waals surface area contributed by atoms with Crippen LogP contribution in [-0.2, 0) is 6.54 Å². The topological polar surface area (TPSA) is 56.4 Å². The van der Waals surface area contributed by atoms with Gasteiger partial charge in [0.1, 0.15) is 0 Å². The van der Waals surface area contributed by atoms with E-state index in [1.54, 1.807) is 4.90 Å². The maximum Gasteiger partial charge on any atom is 0.189 e. The Balaban J connectivity index is 2.21. The molecule has 98 valence electrons. The average molecular weight is 246 g/mol. The zero-order valence-corrected chi connectivity index (χ0v) is 11.4. The van der Waals surface area contributed by atoms with Crippen molar-refractivity contribution in [1.82, 2.24) is 9.80 Å². The largest absolute Gasteiger partial charge is 0.370 e. The van der Waals surface area contributed by atoms with Crippen LogP contribution < -0.4 is 5.73 Å². The molecule has 0 aromatic heterocycles. The average Bonchev–Trinajstić information content (AvgIpc) is 2.66. The van der Waals surface area contributed by atoms with Gasteiger partial charge in [-0.05, 0) is 17.0 Å². The predicted molar refractivity (Wildman–Crippen MR) is 74.1 cm³/mol. The summed E-state index contributed by atoms with van der Waals surface area (Å²) in [5.41, 5.74) is 8.34. The van der Waals surface area contributed by atoms with Gasteiger partial charge in [0.25, 0.3) is 0 Å². The molecular formula is C14H22N4. The summed E-state index contributed by atoms with van der Waals surface area (Å²) in [5, 5.41) is 7.48. The van der Waals surface area contributed by atoms with Crippen LogP contribution in [0.3, 0.4) is 0 Å². The van der Waals surface area contributed by atoms with Crippen molar-refractivity contribution in [2.75, 3.05) is 13.7 Å². The van der Waals surface area contributed by atoms with Crippen LogP contribution in [0.5, 0.6) is 0 Å². The lowest BCUT2D eigenvalue weighted by atomic mass is 9.96. The molecule has 0 amide bonds. The van der Waals surface area contributed by atoms with E-state index in [1.807, 2.05) is 7.05 Å². The number of nitrogens with zero attached hydrogens (tertiary/aromatic N) is 2. The zero-order valence-electron chi connectivity index (χ0n) is 11.4. The molecular weight excluding hydrogens is 224 g/mol. The molecule has 0 saturated carbocycles.